The monoisotopic (exact) mass is 282 g/mol. The normalized spacial score (nSPS) is 17.1. The van der Waals surface area contributed by atoms with Gasteiger partial charge in [0.2, 0.25) is 0 Å². The molecule has 1 aromatic rings. The van der Waals surface area contributed by atoms with E-state index in [1.165, 1.54) is 12.1 Å². The summed E-state index contributed by atoms with van der Waals surface area (Å²) in [6.07, 6.45) is 4.39. The van der Waals surface area contributed by atoms with Crippen molar-refractivity contribution in [2.75, 3.05) is 0 Å². The van der Waals surface area contributed by atoms with Gasteiger partial charge in [-0.3, -0.25) is 0 Å². The van der Waals surface area contributed by atoms with Gasteiger partial charge in [-0.1, -0.05) is 37.0 Å². The Hall–Kier alpha value is -1.43. The third-order valence-corrected chi connectivity index (χ3v) is 5.26. The SMILES string of the molecule is Cc1ccc(S(=O)(=O)N(N=O)C2CCCCC2)cc1. The minimum atomic E-state index is -3.81. The first-order valence-corrected chi connectivity index (χ1v) is 7.94. The molecular formula is C13H18N2O3S. The van der Waals surface area contributed by atoms with Crippen LogP contribution in [0.15, 0.2) is 34.4 Å². The predicted molar refractivity (Wildman–Crippen MR) is 72.9 cm³/mol. The molecule has 0 heterocycles. The topological polar surface area (TPSA) is 66.8 Å². The molecular weight excluding hydrogens is 264 g/mol. The third-order valence-electron chi connectivity index (χ3n) is 3.53. The van der Waals surface area contributed by atoms with Crippen LogP contribution in [0.4, 0.5) is 0 Å². The van der Waals surface area contributed by atoms with Crippen molar-refractivity contribution in [1.82, 2.24) is 4.41 Å². The average molecular weight is 282 g/mol. The summed E-state index contributed by atoms with van der Waals surface area (Å²) in [5, 5.41) is 2.78. The Morgan fingerprint density at radius 2 is 1.68 bits per heavy atom. The number of rotatable bonds is 4. The summed E-state index contributed by atoms with van der Waals surface area (Å²) in [4.78, 5) is 11.1. The van der Waals surface area contributed by atoms with Crippen LogP contribution < -0.4 is 0 Å². The fourth-order valence-electron chi connectivity index (χ4n) is 2.43. The molecule has 6 heteroatoms. The zero-order valence-corrected chi connectivity index (χ0v) is 11.8. The lowest BCUT2D eigenvalue weighted by atomic mass is 9.96. The number of benzene rings is 1. The zero-order valence-electron chi connectivity index (χ0n) is 10.9. The Balaban J connectivity index is 2.30. The maximum atomic E-state index is 12.4. The first-order chi connectivity index (χ1) is 9.05. The van der Waals surface area contributed by atoms with Crippen LogP contribution in [-0.2, 0) is 10.0 Å². The first-order valence-electron chi connectivity index (χ1n) is 6.50. The molecule has 2 rings (SSSR count). The lowest BCUT2D eigenvalue weighted by Crippen LogP contribution is -2.37. The standard InChI is InChI=1S/C13H18N2O3S/c1-11-7-9-13(10-8-11)19(17,18)15(14-16)12-5-3-2-4-6-12/h7-10,12H,2-6H2,1H3. The van der Waals surface area contributed by atoms with Crippen molar-refractivity contribution in [3.63, 3.8) is 0 Å². The van der Waals surface area contributed by atoms with Crippen LogP contribution in [-0.4, -0.2) is 18.9 Å². The lowest BCUT2D eigenvalue weighted by Gasteiger charge is -2.28. The van der Waals surface area contributed by atoms with Gasteiger partial charge in [-0.25, -0.2) is 0 Å². The van der Waals surface area contributed by atoms with Gasteiger partial charge >= 0.3 is 0 Å². The van der Waals surface area contributed by atoms with Crippen molar-refractivity contribution in [3.8, 4) is 0 Å². The number of nitrogens with zero attached hydrogens (tertiary/aromatic N) is 2. The molecule has 5 nitrogen and oxygen atoms in total. The minimum absolute atomic E-state index is 0.128. The molecule has 1 aliphatic carbocycles. The molecule has 0 unspecified atom stereocenters. The molecule has 1 aliphatic rings. The van der Waals surface area contributed by atoms with Crippen molar-refractivity contribution < 1.29 is 8.42 Å². The molecule has 0 bridgehead atoms. The molecule has 1 saturated carbocycles. The fourth-order valence-corrected chi connectivity index (χ4v) is 3.81. The number of hydrogen-bond acceptors (Lipinski definition) is 4. The Labute approximate surface area is 113 Å². The van der Waals surface area contributed by atoms with E-state index < -0.39 is 10.0 Å². The van der Waals surface area contributed by atoms with Gasteiger partial charge in [-0.05, 0) is 31.9 Å². The van der Waals surface area contributed by atoms with Crippen LogP contribution in [0.5, 0.6) is 0 Å². The van der Waals surface area contributed by atoms with Crippen molar-refractivity contribution in [1.29, 1.82) is 0 Å². The van der Waals surface area contributed by atoms with E-state index in [1.807, 2.05) is 6.92 Å². The first kappa shape index (κ1) is 14.0. The van der Waals surface area contributed by atoms with Crippen LogP contribution in [0.25, 0.3) is 0 Å². The molecule has 104 valence electrons. The maximum Gasteiger partial charge on any atom is 0.281 e. The molecule has 1 aromatic carbocycles. The number of nitroso groups, excluding NO2 is 1. The zero-order chi connectivity index (χ0) is 13.9. The summed E-state index contributed by atoms with van der Waals surface area (Å²) < 4.78 is 25.6. The summed E-state index contributed by atoms with van der Waals surface area (Å²) in [6, 6.07) is 6.18. The molecule has 0 atom stereocenters. The fraction of sp³-hybridized carbons (Fsp3) is 0.538. The van der Waals surface area contributed by atoms with E-state index in [2.05, 4.69) is 5.29 Å². The Kier molecular flexibility index (Phi) is 4.19. The highest BCUT2D eigenvalue weighted by Crippen LogP contribution is 2.28. The quantitative estimate of drug-likeness (QED) is 0.629. The van der Waals surface area contributed by atoms with Gasteiger partial charge in [-0.2, -0.15) is 8.42 Å². The second kappa shape index (κ2) is 5.69. The van der Waals surface area contributed by atoms with Gasteiger partial charge in [0.25, 0.3) is 10.0 Å². The third kappa shape index (κ3) is 2.94. The lowest BCUT2D eigenvalue weighted by molar-refractivity contribution is 0.258. The summed E-state index contributed by atoms with van der Waals surface area (Å²) in [6.45, 7) is 1.88. The molecule has 1 fully saturated rings. The molecule has 0 spiro atoms. The van der Waals surface area contributed by atoms with Gasteiger partial charge in [0.1, 0.15) is 0 Å². The number of aryl methyl sites for hydroxylation is 1. The maximum absolute atomic E-state index is 12.4. The van der Waals surface area contributed by atoms with Crippen molar-refractivity contribution >= 4 is 10.0 Å². The van der Waals surface area contributed by atoms with Crippen LogP contribution in [0.1, 0.15) is 37.7 Å². The van der Waals surface area contributed by atoms with E-state index in [9.17, 15) is 13.3 Å². The summed E-state index contributed by atoms with van der Waals surface area (Å²) in [5.41, 5.74) is 0.974. The Morgan fingerprint density at radius 3 is 2.21 bits per heavy atom. The summed E-state index contributed by atoms with van der Waals surface area (Å²) in [5.74, 6) is 0. The number of hydrogen-bond donors (Lipinski definition) is 0. The van der Waals surface area contributed by atoms with Crippen molar-refractivity contribution in [2.24, 2.45) is 5.29 Å². The van der Waals surface area contributed by atoms with Crippen LogP contribution in [0.2, 0.25) is 0 Å². The van der Waals surface area contributed by atoms with E-state index in [4.69, 9.17) is 0 Å². The second-order valence-electron chi connectivity index (χ2n) is 4.96. The van der Waals surface area contributed by atoms with Gasteiger partial charge in [-0.15, -0.1) is 9.32 Å². The molecule has 0 aromatic heterocycles. The molecule has 0 radical (unpaired) electrons. The van der Waals surface area contributed by atoms with E-state index in [0.29, 0.717) is 12.8 Å². The summed E-state index contributed by atoms with van der Waals surface area (Å²) >= 11 is 0. The van der Waals surface area contributed by atoms with Gasteiger partial charge in [0.05, 0.1) is 16.2 Å². The van der Waals surface area contributed by atoms with Gasteiger partial charge in [0, 0.05) is 0 Å². The molecule has 0 amide bonds. The van der Waals surface area contributed by atoms with Crippen LogP contribution in [0, 0.1) is 11.8 Å². The van der Waals surface area contributed by atoms with E-state index >= 15 is 0 Å². The Bertz CT molecular complexity index is 534. The van der Waals surface area contributed by atoms with E-state index in [0.717, 1.165) is 29.2 Å². The van der Waals surface area contributed by atoms with Crippen molar-refractivity contribution in [2.45, 2.75) is 50.0 Å². The predicted octanol–water partition coefficient (Wildman–Crippen LogP) is 3.00. The van der Waals surface area contributed by atoms with Crippen LogP contribution in [0.3, 0.4) is 0 Å². The van der Waals surface area contributed by atoms with E-state index in [1.54, 1.807) is 12.1 Å². The van der Waals surface area contributed by atoms with Crippen LogP contribution >= 0.6 is 0 Å². The van der Waals surface area contributed by atoms with Crippen molar-refractivity contribution in [3.05, 3.63) is 34.7 Å². The highest BCUT2D eigenvalue weighted by molar-refractivity contribution is 7.89. The molecule has 19 heavy (non-hydrogen) atoms. The Morgan fingerprint density at radius 1 is 1.11 bits per heavy atom. The largest absolute Gasteiger partial charge is 0.281 e. The number of sulfonamides is 1. The van der Waals surface area contributed by atoms with E-state index in [-0.39, 0.29) is 10.9 Å². The van der Waals surface area contributed by atoms with Gasteiger partial charge in [0.15, 0.2) is 0 Å². The molecule has 0 saturated heterocycles. The second-order valence-corrected chi connectivity index (χ2v) is 6.76. The minimum Gasteiger partial charge on any atom is -0.200 e. The highest BCUT2D eigenvalue weighted by atomic mass is 32.2. The average Bonchev–Trinajstić information content (AvgIpc) is 2.41. The smallest absolute Gasteiger partial charge is 0.200 e. The molecule has 0 aliphatic heterocycles. The van der Waals surface area contributed by atoms with Gasteiger partial charge < -0.3 is 0 Å². The summed E-state index contributed by atoms with van der Waals surface area (Å²) in [7, 11) is -3.81. The molecule has 0 N–H and O–H groups in total. The highest BCUT2D eigenvalue weighted by Gasteiger charge is 2.32.